The lowest BCUT2D eigenvalue weighted by Gasteiger charge is -2.23. The van der Waals surface area contributed by atoms with Crippen LogP contribution in [0.5, 0.6) is 0 Å². The number of aromatic amines is 1. The van der Waals surface area contributed by atoms with Crippen molar-refractivity contribution < 1.29 is 4.79 Å². The Morgan fingerprint density at radius 2 is 2.20 bits per heavy atom. The van der Waals surface area contributed by atoms with Crippen LogP contribution in [0.25, 0.3) is 0 Å². The van der Waals surface area contributed by atoms with Gasteiger partial charge in [0.15, 0.2) is 0 Å². The Bertz CT molecular complexity index is 743. The molecule has 1 aliphatic carbocycles. The first-order valence-corrected chi connectivity index (χ1v) is 9.37. The minimum absolute atomic E-state index is 0.0291. The molecule has 1 atom stereocenters. The van der Waals surface area contributed by atoms with Crippen LogP contribution in [0.4, 0.5) is 0 Å². The molecule has 0 spiro atoms. The largest absolute Gasteiger partial charge is 0.355 e. The highest BCUT2D eigenvalue weighted by Gasteiger charge is 2.29. The highest BCUT2D eigenvalue weighted by atomic mass is 16.1. The van der Waals surface area contributed by atoms with E-state index in [0.29, 0.717) is 6.04 Å². The van der Waals surface area contributed by atoms with Crippen LogP contribution in [-0.2, 0) is 19.4 Å². The number of nitrogens with one attached hydrogen (secondary N) is 2. The van der Waals surface area contributed by atoms with Crippen LogP contribution in [0, 0.1) is 0 Å². The van der Waals surface area contributed by atoms with Crippen LogP contribution in [0.1, 0.15) is 64.9 Å². The molecular formula is C20H26N4O. The van der Waals surface area contributed by atoms with Crippen molar-refractivity contribution in [2.75, 3.05) is 13.6 Å². The molecule has 2 heterocycles. The lowest BCUT2D eigenvalue weighted by atomic mass is 10.0. The summed E-state index contributed by atoms with van der Waals surface area (Å²) >= 11 is 0. The van der Waals surface area contributed by atoms with E-state index in [-0.39, 0.29) is 5.91 Å². The molecule has 4 rings (SSSR count). The molecule has 1 fully saturated rings. The van der Waals surface area contributed by atoms with Crippen LogP contribution in [-0.4, -0.2) is 34.4 Å². The summed E-state index contributed by atoms with van der Waals surface area (Å²) in [6, 6.07) is 8.31. The summed E-state index contributed by atoms with van der Waals surface area (Å²) < 4.78 is 0. The molecule has 2 N–H and O–H groups in total. The number of likely N-dealkylation sites (tertiary alicyclic amines) is 1. The molecule has 25 heavy (non-hydrogen) atoms. The van der Waals surface area contributed by atoms with E-state index < -0.39 is 0 Å². The molecular weight excluding hydrogens is 312 g/mol. The first-order chi connectivity index (χ1) is 12.2. The Balaban J connectivity index is 1.52. The van der Waals surface area contributed by atoms with Gasteiger partial charge in [-0.05, 0) is 62.8 Å². The number of hydrogen-bond acceptors (Lipinski definition) is 3. The van der Waals surface area contributed by atoms with Crippen LogP contribution in [0.15, 0.2) is 24.3 Å². The molecule has 2 aromatic rings. The first kappa shape index (κ1) is 16.3. The third-order valence-corrected chi connectivity index (χ3v) is 5.45. The first-order valence-electron chi connectivity index (χ1n) is 9.37. The van der Waals surface area contributed by atoms with Gasteiger partial charge in [0.25, 0.3) is 5.91 Å². The zero-order chi connectivity index (χ0) is 17.2. The summed E-state index contributed by atoms with van der Waals surface area (Å²) in [5, 5.41) is 2.70. The standard InChI is InChI=1S/C20H26N4O/c1-21-20(25)15-7-4-6-14(12-15)13-24-11-5-10-18(24)19-22-16-8-2-3-9-17(16)23-19/h4,6-7,12,18H,2-3,5,8-11,13H2,1H3,(H,21,25)(H,22,23)/t18-/m0/s1. The van der Waals surface area contributed by atoms with E-state index >= 15 is 0 Å². The number of carbonyl (C=O) groups excluding carboxylic acids is 1. The second-order valence-electron chi connectivity index (χ2n) is 7.16. The maximum atomic E-state index is 11.9. The zero-order valence-electron chi connectivity index (χ0n) is 14.8. The number of imidazole rings is 1. The van der Waals surface area contributed by atoms with Crippen LogP contribution in [0.2, 0.25) is 0 Å². The Kier molecular flexibility index (Phi) is 4.57. The van der Waals surface area contributed by atoms with E-state index in [2.05, 4.69) is 21.3 Å². The average Bonchev–Trinajstić information content (AvgIpc) is 3.27. The third kappa shape index (κ3) is 3.33. The quantitative estimate of drug-likeness (QED) is 0.901. The fourth-order valence-corrected chi connectivity index (χ4v) is 4.15. The van der Waals surface area contributed by atoms with Gasteiger partial charge in [-0.25, -0.2) is 4.98 Å². The molecule has 5 heteroatoms. The summed E-state index contributed by atoms with van der Waals surface area (Å²) in [5.74, 6) is 1.12. The number of amides is 1. The lowest BCUT2D eigenvalue weighted by molar-refractivity contribution is 0.0963. The fourth-order valence-electron chi connectivity index (χ4n) is 4.15. The van der Waals surface area contributed by atoms with Gasteiger partial charge in [0.05, 0.1) is 11.7 Å². The monoisotopic (exact) mass is 338 g/mol. The minimum Gasteiger partial charge on any atom is -0.355 e. The molecule has 0 unspecified atom stereocenters. The van der Waals surface area contributed by atoms with E-state index in [1.54, 1.807) is 7.05 Å². The second kappa shape index (κ2) is 7.00. The number of hydrogen-bond donors (Lipinski definition) is 2. The molecule has 0 bridgehead atoms. The predicted molar refractivity (Wildman–Crippen MR) is 97.4 cm³/mol. The molecule has 1 amide bonds. The number of H-pyrrole nitrogens is 1. The van der Waals surface area contributed by atoms with Gasteiger partial charge in [-0.15, -0.1) is 0 Å². The summed E-state index contributed by atoms with van der Waals surface area (Å²) in [6.07, 6.45) is 7.15. The van der Waals surface area contributed by atoms with Gasteiger partial charge in [0, 0.05) is 24.8 Å². The fraction of sp³-hybridized carbons (Fsp3) is 0.500. The van der Waals surface area contributed by atoms with E-state index in [1.807, 2.05) is 18.2 Å². The van der Waals surface area contributed by atoms with Crippen molar-refractivity contribution in [1.29, 1.82) is 0 Å². The topological polar surface area (TPSA) is 61.0 Å². The van der Waals surface area contributed by atoms with Crippen LogP contribution < -0.4 is 5.32 Å². The highest BCUT2D eigenvalue weighted by Crippen LogP contribution is 2.33. The van der Waals surface area contributed by atoms with Crippen molar-refractivity contribution in [2.24, 2.45) is 0 Å². The molecule has 0 radical (unpaired) electrons. The van der Waals surface area contributed by atoms with Crippen molar-refractivity contribution in [3.05, 3.63) is 52.6 Å². The summed E-state index contributed by atoms with van der Waals surface area (Å²) in [6.45, 7) is 1.95. The van der Waals surface area contributed by atoms with Crippen LogP contribution in [0.3, 0.4) is 0 Å². The minimum atomic E-state index is -0.0291. The number of aromatic nitrogens is 2. The molecule has 2 aliphatic rings. The van der Waals surface area contributed by atoms with Gasteiger partial charge in [-0.2, -0.15) is 0 Å². The van der Waals surface area contributed by atoms with Crippen molar-refractivity contribution >= 4 is 5.91 Å². The molecule has 1 saturated heterocycles. The van der Waals surface area contributed by atoms with Gasteiger partial charge in [-0.3, -0.25) is 9.69 Å². The normalized spacial score (nSPS) is 20.4. The Labute approximate surface area is 148 Å². The van der Waals surface area contributed by atoms with E-state index in [1.165, 1.54) is 36.2 Å². The number of fused-ring (bicyclic) bond motifs is 1. The Hall–Kier alpha value is -2.14. The maximum Gasteiger partial charge on any atom is 0.251 e. The van der Waals surface area contributed by atoms with Gasteiger partial charge in [0.1, 0.15) is 5.82 Å². The SMILES string of the molecule is CNC(=O)c1cccc(CN2CCC[C@H]2c2nc3c([nH]2)CCCC3)c1. The molecule has 5 nitrogen and oxygen atoms in total. The highest BCUT2D eigenvalue weighted by molar-refractivity contribution is 5.94. The van der Waals surface area contributed by atoms with Crippen molar-refractivity contribution in [2.45, 2.75) is 51.1 Å². The van der Waals surface area contributed by atoms with E-state index in [4.69, 9.17) is 4.98 Å². The lowest BCUT2D eigenvalue weighted by Crippen LogP contribution is -2.24. The number of aryl methyl sites for hydroxylation is 2. The van der Waals surface area contributed by atoms with E-state index in [0.717, 1.165) is 43.7 Å². The molecule has 1 aliphatic heterocycles. The molecule has 132 valence electrons. The Morgan fingerprint density at radius 3 is 3.04 bits per heavy atom. The van der Waals surface area contributed by atoms with E-state index in [9.17, 15) is 4.79 Å². The predicted octanol–water partition coefficient (Wildman–Crippen LogP) is 2.99. The summed E-state index contributed by atoms with van der Waals surface area (Å²) in [5.41, 5.74) is 4.55. The van der Waals surface area contributed by atoms with Crippen molar-refractivity contribution in [1.82, 2.24) is 20.2 Å². The number of nitrogens with zero attached hydrogens (tertiary/aromatic N) is 2. The van der Waals surface area contributed by atoms with Gasteiger partial charge in [-0.1, -0.05) is 12.1 Å². The van der Waals surface area contributed by atoms with Gasteiger partial charge < -0.3 is 10.3 Å². The summed E-state index contributed by atoms with van der Waals surface area (Å²) in [4.78, 5) is 22.9. The summed E-state index contributed by atoms with van der Waals surface area (Å²) in [7, 11) is 1.67. The number of carbonyl (C=O) groups is 1. The van der Waals surface area contributed by atoms with Crippen molar-refractivity contribution in [3.8, 4) is 0 Å². The smallest absolute Gasteiger partial charge is 0.251 e. The number of benzene rings is 1. The molecule has 1 aromatic heterocycles. The third-order valence-electron chi connectivity index (χ3n) is 5.45. The van der Waals surface area contributed by atoms with Crippen LogP contribution >= 0.6 is 0 Å². The molecule has 0 saturated carbocycles. The zero-order valence-corrected chi connectivity index (χ0v) is 14.8. The average molecular weight is 338 g/mol. The Morgan fingerprint density at radius 1 is 1.32 bits per heavy atom. The van der Waals surface area contributed by atoms with Gasteiger partial charge >= 0.3 is 0 Å². The molecule has 1 aromatic carbocycles. The van der Waals surface area contributed by atoms with Crippen molar-refractivity contribution in [3.63, 3.8) is 0 Å². The second-order valence-corrected chi connectivity index (χ2v) is 7.16. The maximum absolute atomic E-state index is 11.9. The number of rotatable bonds is 4. The van der Waals surface area contributed by atoms with Gasteiger partial charge in [0.2, 0.25) is 0 Å².